The Morgan fingerprint density at radius 1 is 1.07 bits per heavy atom. The highest BCUT2D eigenvalue weighted by molar-refractivity contribution is 14.0. The lowest BCUT2D eigenvalue weighted by Crippen LogP contribution is -2.36. The van der Waals surface area contributed by atoms with Gasteiger partial charge in [0.1, 0.15) is 0 Å². The van der Waals surface area contributed by atoms with E-state index in [0.717, 1.165) is 36.2 Å². The summed E-state index contributed by atoms with van der Waals surface area (Å²) in [6.07, 6.45) is -2.58. The van der Waals surface area contributed by atoms with Crippen LogP contribution in [0.3, 0.4) is 0 Å². The Morgan fingerprint density at radius 3 is 2.18 bits per heavy atom. The third-order valence-corrected chi connectivity index (χ3v) is 4.43. The van der Waals surface area contributed by atoms with Gasteiger partial charge in [0.15, 0.2) is 5.96 Å². The third-order valence-electron chi connectivity index (χ3n) is 4.43. The molecule has 0 amide bonds. The lowest BCUT2D eigenvalue weighted by atomic mass is 10.1. The van der Waals surface area contributed by atoms with E-state index >= 15 is 0 Å². The molecule has 0 spiro atoms. The van der Waals surface area contributed by atoms with Crippen LogP contribution in [-0.4, -0.2) is 22.8 Å². The van der Waals surface area contributed by atoms with Gasteiger partial charge in [0.25, 0.3) is 0 Å². The second-order valence-electron chi connectivity index (χ2n) is 6.18. The minimum absolute atomic E-state index is 0. The van der Waals surface area contributed by atoms with E-state index in [1.165, 1.54) is 23.4 Å². The smallest absolute Gasteiger partial charge is 0.352 e. The Hall–Kier alpha value is -1.78. The summed E-state index contributed by atoms with van der Waals surface area (Å²) < 4.78 is 39.8. The molecule has 156 valence electrons. The molecule has 0 aliphatic heterocycles. The zero-order valence-corrected chi connectivity index (χ0v) is 18.9. The van der Waals surface area contributed by atoms with Gasteiger partial charge in [0.05, 0.1) is 11.3 Å². The molecule has 0 saturated heterocycles. The van der Waals surface area contributed by atoms with E-state index < -0.39 is 11.7 Å². The molecule has 1 aromatic carbocycles. The summed E-state index contributed by atoms with van der Waals surface area (Å²) in [5, 5.41) is 10.9. The van der Waals surface area contributed by atoms with Crippen LogP contribution in [0, 0.1) is 0 Å². The average Bonchev–Trinajstić information content (AvgIpc) is 2.96. The van der Waals surface area contributed by atoms with Gasteiger partial charge in [0.2, 0.25) is 0 Å². The van der Waals surface area contributed by atoms with Crippen molar-refractivity contribution >= 4 is 29.9 Å². The van der Waals surface area contributed by atoms with Gasteiger partial charge in [-0.1, -0.05) is 26.0 Å². The maximum atomic E-state index is 12.6. The summed E-state index contributed by atoms with van der Waals surface area (Å²) in [6, 6.07) is 5.11. The number of benzene rings is 1. The Morgan fingerprint density at radius 2 is 1.68 bits per heavy atom. The van der Waals surface area contributed by atoms with Crippen molar-refractivity contribution < 1.29 is 13.2 Å². The van der Waals surface area contributed by atoms with E-state index in [4.69, 9.17) is 0 Å². The number of nitrogens with zero attached hydrogens (tertiary/aromatic N) is 3. The minimum atomic E-state index is -4.32. The van der Waals surface area contributed by atoms with Crippen LogP contribution in [0.1, 0.15) is 41.9 Å². The van der Waals surface area contributed by atoms with Gasteiger partial charge in [-0.05, 0) is 30.5 Å². The van der Waals surface area contributed by atoms with Crippen LogP contribution in [0.15, 0.2) is 29.3 Å². The molecule has 0 unspecified atom stereocenters. The average molecular weight is 509 g/mol. The first-order chi connectivity index (χ1) is 12.8. The van der Waals surface area contributed by atoms with Crippen molar-refractivity contribution in [3.8, 4) is 0 Å². The van der Waals surface area contributed by atoms with Crippen LogP contribution >= 0.6 is 24.0 Å². The van der Waals surface area contributed by atoms with Crippen LogP contribution in [0.4, 0.5) is 13.2 Å². The Kier molecular flexibility index (Phi) is 9.25. The molecule has 0 radical (unpaired) electrons. The second-order valence-corrected chi connectivity index (χ2v) is 6.18. The number of guanidine groups is 1. The molecule has 1 aromatic heterocycles. The predicted octanol–water partition coefficient (Wildman–Crippen LogP) is 4.05. The normalized spacial score (nSPS) is 11.9. The fraction of sp³-hybridized carbons (Fsp3) is 0.474. The van der Waals surface area contributed by atoms with Gasteiger partial charge in [0, 0.05) is 38.4 Å². The fourth-order valence-electron chi connectivity index (χ4n) is 2.98. The molecular weight excluding hydrogens is 482 g/mol. The molecule has 0 aliphatic carbocycles. The summed E-state index contributed by atoms with van der Waals surface area (Å²) in [7, 11) is 3.60. The Labute approximate surface area is 180 Å². The van der Waals surface area contributed by atoms with Crippen molar-refractivity contribution in [1.29, 1.82) is 0 Å². The van der Waals surface area contributed by atoms with Gasteiger partial charge in [-0.2, -0.15) is 18.3 Å². The number of hydrogen-bond donors (Lipinski definition) is 2. The van der Waals surface area contributed by atoms with Crippen LogP contribution in [0.2, 0.25) is 0 Å². The molecule has 2 rings (SSSR count). The number of nitrogens with one attached hydrogen (secondary N) is 2. The first kappa shape index (κ1) is 24.3. The molecule has 0 saturated carbocycles. The topological polar surface area (TPSA) is 54.2 Å². The number of aliphatic imine (C=N–C) groups is 1. The van der Waals surface area contributed by atoms with E-state index in [0.29, 0.717) is 19.0 Å². The second kappa shape index (κ2) is 10.7. The maximum absolute atomic E-state index is 12.6. The van der Waals surface area contributed by atoms with Gasteiger partial charge in [-0.3, -0.25) is 9.67 Å². The number of aryl methyl sites for hydroxylation is 2. The van der Waals surface area contributed by atoms with E-state index in [9.17, 15) is 13.2 Å². The Bertz CT molecular complexity index is 782. The SMILES string of the molecule is CCc1nn(C)c(CC)c1CNC(=NC)NCc1ccc(C(F)(F)F)cc1.I. The minimum Gasteiger partial charge on any atom is -0.352 e. The molecule has 5 nitrogen and oxygen atoms in total. The largest absolute Gasteiger partial charge is 0.416 e. The van der Waals surface area contributed by atoms with E-state index in [2.05, 4.69) is 34.6 Å². The van der Waals surface area contributed by atoms with Crippen LogP contribution < -0.4 is 10.6 Å². The highest BCUT2D eigenvalue weighted by atomic mass is 127. The molecule has 9 heteroatoms. The van der Waals surface area contributed by atoms with Crippen molar-refractivity contribution in [2.24, 2.45) is 12.0 Å². The number of halogens is 4. The number of rotatable bonds is 6. The van der Waals surface area contributed by atoms with Crippen molar-refractivity contribution in [1.82, 2.24) is 20.4 Å². The quantitative estimate of drug-likeness (QED) is 0.351. The maximum Gasteiger partial charge on any atom is 0.416 e. The molecule has 0 aliphatic rings. The zero-order chi connectivity index (χ0) is 20.0. The first-order valence-corrected chi connectivity index (χ1v) is 8.94. The summed E-state index contributed by atoms with van der Waals surface area (Å²) in [6.45, 7) is 5.14. The predicted molar refractivity (Wildman–Crippen MR) is 116 cm³/mol. The van der Waals surface area contributed by atoms with E-state index in [-0.39, 0.29) is 24.0 Å². The monoisotopic (exact) mass is 509 g/mol. The third kappa shape index (κ3) is 6.11. The number of hydrogen-bond acceptors (Lipinski definition) is 2. The molecule has 0 fully saturated rings. The van der Waals surface area contributed by atoms with Gasteiger partial charge < -0.3 is 10.6 Å². The summed E-state index contributed by atoms with van der Waals surface area (Å²) in [5.74, 6) is 0.586. The van der Waals surface area contributed by atoms with Crippen molar-refractivity contribution in [3.63, 3.8) is 0 Å². The molecular formula is C19H27F3IN5. The van der Waals surface area contributed by atoms with E-state index in [1.807, 2.05) is 11.7 Å². The fourth-order valence-corrected chi connectivity index (χ4v) is 2.98. The van der Waals surface area contributed by atoms with Crippen molar-refractivity contribution in [2.45, 2.75) is 46.0 Å². The van der Waals surface area contributed by atoms with Crippen LogP contribution in [0.5, 0.6) is 0 Å². The standard InChI is InChI=1S/C19H26F3N5.HI/c1-5-16-15(17(6-2)27(4)26-16)12-25-18(23-3)24-11-13-7-9-14(10-8-13)19(20,21)22;/h7-10H,5-6,11-12H2,1-4H3,(H2,23,24,25);1H. The Balaban J connectivity index is 0.00000392. The lowest BCUT2D eigenvalue weighted by molar-refractivity contribution is -0.137. The zero-order valence-electron chi connectivity index (χ0n) is 16.5. The van der Waals surface area contributed by atoms with Crippen LogP contribution in [0.25, 0.3) is 0 Å². The molecule has 0 bridgehead atoms. The molecule has 2 aromatic rings. The van der Waals surface area contributed by atoms with Gasteiger partial charge in [-0.25, -0.2) is 0 Å². The highest BCUT2D eigenvalue weighted by Gasteiger charge is 2.29. The van der Waals surface area contributed by atoms with Crippen LogP contribution in [-0.2, 0) is 39.2 Å². The van der Waals surface area contributed by atoms with Crippen molar-refractivity contribution in [3.05, 3.63) is 52.3 Å². The highest BCUT2D eigenvalue weighted by Crippen LogP contribution is 2.29. The number of aromatic nitrogens is 2. The molecule has 0 atom stereocenters. The van der Waals surface area contributed by atoms with E-state index in [1.54, 1.807) is 7.05 Å². The summed E-state index contributed by atoms with van der Waals surface area (Å²) in [4.78, 5) is 4.18. The molecule has 2 N–H and O–H groups in total. The van der Waals surface area contributed by atoms with Crippen molar-refractivity contribution in [2.75, 3.05) is 7.05 Å². The number of alkyl halides is 3. The molecule has 28 heavy (non-hydrogen) atoms. The lowest BCUT2D eigenvalue weighted by Gasteiger charge is -2.13. The first-order valence-electron chi connectivity index (χ1n) is 8.94. The molecule has 1 heterocycles. The summed E-state index contributed by atoms with van der Waals surface area (Å²) in [5.41, 5.74) is 3.50. The van der Waals surface area contributed by atoms with Gasteiger partial charge in [-0.15, -0.1) is 24.0 Å². The summed E-state index contributed by atoms with van der Waals surface area (Å²) >= 11 is 0. The van der Waals surface area contributed by atoms with Gasteiger partial charge >= 0.3 is 6.18 Å².